The highest BCUT2D eigenvalue weighted by molar-refractivity contribution is 5.75. The summed E-state index contributed by atoms with van der Waals surface area (Å²) in [5.41, 5.74) is 0. The highest BCUT2D eigenvalue weighted by atomic mass is 16.1. The molecule has 0 saturated carbocycles. The van der Waals surface area contributed by atoms with Crippen LogP contribution in [0.15, 0.2) is 0 Å². The van der Waals surface area contributed by atoms with Crippen molar-refractivity contribution < 1.29 is 4.79 Å². The van der Waals surface area contributed by atoms with Crippen LogP contribution in [0, 0.1) is 5.92 Å². The highest BCUT2D eigenvalue weighted by Gasteiger charge is 2.11. The second kappa shape index (κ2) is 6.82. The normalized spacial score (nSPS) is 21.9. The molecule has 0 aromatic heterocycles. The molecule has 1 heterocycles. The Kier molecular flexibility index (Phi) is 5.60. The first-order chi connectivity index (χ1) is 6.83. The molecular formula is C11H22N2O. The molecule has 1 saturated heterocycles. The van der Waals surface area contributed by atoms with E-state index in [0.29, 0.717) is 6.42 Å². The van der Waals surface area contributed by atoms with Crippen molar-refractivity contribution in [2.45, 2.75) is 39.0 Å². The second-order valence-electron chi connectivity index (χ2n) is 4.06. The average molecular weight is 198 g/mol. The lowest BCUT2D eigenvalue weighted by atomic mass is 9.95. The van der Waals surface area contributed by atoms with Crippen molar-refractivity contribution in [3.63, 3.8) is 0 Å². The summed E-state index contributed by atoms with van der Waals surface area (Å²) < 4.78 is 0. The standard InChI is InChI=1S/C11H22N2O/c1-2-11(14)13-8-4-6-10-5-3-7-12-9-10/h10,12H,2-9H2,1H3,(H,13,14). The highest BCUT2D eigenvalue weighted by Crippen LogP contribution is 2.15. The minimum atomic E-state index is 0.173. The average Bonchev–Trinajstić information content (AvgIpc) is 2.25. The molecule has 1 fully saturated rings. The quantitative estimate of drug-likeness (QED) is 0.654. The fourth-order valence-corrected chi connectivity index (χ4v) is 1.91. The van der Waals surface area contributed by atoms with Crippen LogP contribution in [0.4, 0.5) is 0 Å². The molecule has 0 radical (unpaired) electrons. The molecule has 2 N–H and O–H groups in total. The number of carbonyl (C=O) groups excluding carboxylic acids is 1. The molecule has 3 heteroatoms. The fourth-order valence-electron chi connectivity index (χ4n) is 1.91. The molecule has 1 aliphatic heterocycles. The maximum Gasteiger partial charge on any atom is 0.219 e. The zero-order chi connectivity index (χ0) is 10.2. The van der Waals surface area contributed by atoms with Crippen molar-refractivity contribution in [1.29, 1.82) is 0 Å². The van der Waals surface area contributed by atoms with Crippen LogP contribution in [0.25, 0.3) is 0 Å². The molecule has 1 unspecified atom stereocenters. The lowest BCUT2D eigenvalue weighted by Crippen LogP contribution is -2.30. The molecule has 1 rings (SSSR count). The van der Waals surface area contributed by atoms with E-state index < -0.39 is 0 Å². The van der Waals surface area contributed by atoms with Gasteiger partial charge in [-0.25, -0.2) is 0 Å². The molecule has 0 bridgehead atoms. The van der Waals surface area contributed by atoms with Crippen LogP contribution >= 0.6 is 0 Å². The largest absolute Gasteiger partial charge is 0.356 e. The Balaban J connectivity index is 1.94. The summed E-state index contributed by atoms with van der Waals surface area (Å²) in [7, 11) is 0. The lowest BCUT2D eigenvalue weighted by Gasteiger charge is -2.22. The molecule has 3 nitrogen and oxygen atoms in total. The third-order valence-electron chi connectivity index (χ3n) is 2.83. The van der Waals surface area contributed by atoms with E-state index in [1.165, 1.54) is 32.4 Å². The van der Waals surface area contributed by atoms with Gasteiger partial charge >= 0.3 is 0 Å². The fraction of sp³-hybridized carbons (Fsp3) is 0.909. The molecule has 0 aromatic carbocycles. The van der Waals surface area contributed by atoms with Crippen LogP contribution in [0.1, 0.15) is 39.0 Å². The van der Waals surface area contributed by atoms with Crippen molar-refractivity contribution in [2.24, 2.45) is 5.92 Å². The Morgan fingerprint density at radius 2 is 2.43 bits per heavy atom. The third kappa shape index (κ3) is 4.61. The number of amides is 1. The summed E-state index contributed by atoms with van der Waals surface area (Å²) in [6, 6.07) is 0. The van der Waals surface area contributed by atoms with Gasteiger partial charge in [0.25, 0.3) is 0 Å². The van der Waals surface area contributed by atoms with E-state index in [2.05, 4.69) is 10.6 Å². The van der Waals surface area contributed by atoms with Crippen LogP contribution in [0.3, 0.4) is 0 Å². The molecule has 0 aliphatic carbocycles. The SMILES string of the molecule is CCC(=O)NCCCC1CCCNC1. The molecule has 1 aliphatic rings. The van der Waals surface area contributed by atoms with Gasteiger partial charge in [-0.2, -0.15) is 0 Å². The zero-order valence-corrected chi connectivity index (χ0v) is 9.14. The van der Waals surface area contributed by atoms with E-state index in [0.717, 1.165) is 18.9 Å². The number of nitrogens with one attached hydrogen (secondary N) is 2. The summed E-state index contributed by atoms with van der Waals surface area (Å²) in [5.74, 6) is 1.01. The minimum Gasteiger partial charge on any atom is -0.356 e. The number of piperidine rings is 1. The maximum atomic E-state index is 10.9. The second-order valence-corrected chi connectivity index (χ2v) is 4.06. The summed E-state index contributed by atoms with van der Waals surface area (Å²) >= 11 is 0. The Hall–Kier alpha value is -0.570. The van der Waals surface area contributed by atoms with Gasteiger partial charge in [-0.3, -0.25) is 4.79 Å². The molecule has 82 valence electrons. The zero-order valence-electron chi connectivity index (χ0n) is 9.14. The van der Waals surface area contributed by atoms with E-state index in [9.17, 15) is 4.79 Å². The molecule has 0 aromatic rings. The minimum absolute atomic E-state index is 0.173. The van der Waals surface area contributed by atoms with Crippen molar-refractivity contribution in [1.82, 2.24) is 10.6 Å². The monoisotopic (exact) mass is 198 g/mol. The van der Waals surface area contributed by atoms with Gasteiger partial charge in [-0.05, 0) is 44.7 Å². The predicted octanol–water partition coefficient (Wildman–Crippen LogP) is 1.29. The maximum absolute atomic E-state index is 10.9. The van der Waals surface area contributed by atoms with Gasteiger partial charge in [0.15, 0.2) is 0 Å². The van der Waals surface area contributed by atoms with Crippen LogP contribution in [0.2, 0.25) is 0 Å². The van der Waals surface area contributed by atoms with Crippen LogP contribution in [-0.4, -0.2) is 25.5 Å². The number of carbonyl (C=O) groups is 1. The molecule has 1 atom stereocenters. The first kappa shape index (κ1) is 11.5. The topological polar surface area (TPSA) is 41.1 Å². The Morgan fingerprint density at radius 1 is 1.57 bits per heavy atom. The van der Waals surface area contributed by atoms with E-state index in [1.54, 1.807) is 0 Å². The van der Waals surface area contributed by atoms with Gasteiger partial charge in [0.2, 0.25) is 5.91 Å². The number of hydrogen-bond acceptors (Lipinski definition) is 2. The van der Waals surface area contributed by atoms with E-state index in [1.807, 2.05) is 6.92 Å². The van der Waals surface area contributed by atoms with Crippen molar-refractivity contribution in [2.75, 3.05) is 19.6 Å². The third-order valence-corrected chi connectivity index (χ3v) is 2.83. The van der Waals surface area contributed by atoms with E-state index in [4.69, 9.17) is 0 Å². The van der Waals surface area contributed by atoms with Gasteiger partial charge in [0, 0.05) is 13.0 Å². The number of hydrogen-bond donors (Lipinski definition) is 2. The first-order valence-corrected chi connectivity index (χ1v) is 5.80. The Labute approximate surface area is 86.6 Å². The van der Waals surface area contributed by atoms with Crippen LogP contribution < -0.4 is 10.6 Å². The molecule has 0 spiro atoms. The van der Waals surface area contributed by atoms with Crippen LogP contribution in [-0.2, 0) is 4.79 Å². The summed E-state index contributed by atoms with van der Waals surface area (Å²) in [6.45, 7) is 5.09. The van der Waals surface area contributed by atoms with Crippen molar-refractivity contribution >= 4 is 5.91 Å². The van der Waals surface area contributed by atoms with Gasteiger partial charge in [0.1, 0.15) is 0 Å². The first-order valence-electron chi connectivity index (χ1n) is 5.80. The predicted molar refractivity (Wildman–Crippen MR) is 58.1 cm³/mol. The van der Waals surface area contributed by atoms with Gasteiger partial charge < -0.3 is 10.6 Å². The molecule has 14 heavy (non-hydrogen) atoms. The van der Waals surface area contributed by atoms with Gasteiger partial charge in [-0.15, -0.1) is 0 Å². The Morgan fingerprint density at radius 3 is 3.07 bits per heavy atom. The van der Waals surface area contributed by atoms with Gasteiger partial charge in [-0.1, -0.05) is 6.92 Å². The van der Waals surface area contributed by atoms with Crippen molar-refractivity contribution in [3.05, 3.63) is 0 Å². The summed E-state index contributed by atoms with van der Waals surface area (Å²) in [6.07, 6.45) is 5.64. The summed E-state index contributed by atoms with van der Waals surface area (Å²) in [5, 5.41) is 6.32. The van der Waals surface area contributed by atoms with E-state index in [-0.39, 0.29) is 5.91 Å². The molecular weight excluding hydrogens is 176 g/mol. The smallest absolute Gasteiger partial charge is 0.219 e. The lowest BCUT2D eigenvalue weighted by molar-refractivity contribution is -0.120. The van der Waals surface area contributed by atoms with Crippen molar-refractivity contribution in [3.8, 4) is 0 Å². The molecule has 1 amide bonds. The number of rotatable bonds is 5. The van der Waals surface area contributed by atoms with Gasteiger partial charge in [0.05, 0.1) is 0 Å². The summed E-state index contributed by atoms with van der Waals surface area (Å²) in [4.78, 5) is 10.9. The van der Waals surface area contributed by atoms with E-state index >= 15 is 0 Å². The van der Waals surface area contributed by atoms with Crippen LogP contribution in [0.5, 0.6) is 0 Å². The Bertz CT molecular complexity index is 165.